The summed E-state index contributed by atoms with van der Waals surface area (Å²) in [6.45, 7) is 3.62. The van der Waals surface area contributed by atoms with Gasteiger partial charge in [0.1, 0.15) is 23.7 Å². The standard InChI is InChI=1S/C17H22O6S/c1-3-24-17-13(19)15(21-10(2)18)14-12(22-17)9-20-16(23-14)11-7-5-4-6-8-11/h4-8,12-17,19H,3,9H2,1-2H3/t12-,13-,14+,15-,16+,17+/m1/s1. The molecule has 1 aromatic carbocycles. The monoisotopic (exact) mass is 354 g/mol. The number of benzene rings is 1. The summed E-state index contributed by atoms with van der Waals surface area (Å²) in [5.41, 5.74) is 0.401. The third-order valence-corrected chi connectivity index (χ3v) is 5.06. The van der Waals surface area contributed by atoms with Crippen molar-refractivity contribution < 1.29 is 28.8 Å². The maximum Gasteiger partial charge on any atom is 0.303 e. The van der Waals surface area contributed by atoms with Crippen LogP contribution >= 0.6 is 11.8 Å². The van der Waals surface area contributed by atoms with Crippen molar-refractivity contribution in [2.24, 2.45) is 0 Å². The molecule has 2 fully saturated rings. The van der Waals surface area contributed by atoms with Crippen LogP contribution in [0.3, 0.4) is 0 Å². The quantitative estimate of drug-likeness (QED) is 0.828. The van der Waals surface area contributed by atoms with Crippen LogP contribution in [0, 0.1) is 0 Å². The molecule has 7 heteroatoms. The van der Waals surface area contributed by atoms with E-state index in [9.17, 15) is 9.90 Å². The molecule has 1 N–H and O–H groups in total. The molecule has 2 aliphatic rings. The second-order valence-corrected chi connectivity index (χ2v) is 7.11. The highest BCUT2D eigenvalue weighted by Crippen LogP contribution is 2.37. The van der Waals surface area contributed by atoms with Gasteiger partial charge in [-0.15, -0.1) is 11.8 Å². The lowest BCUT2D eigenvalue weighted by atomic mass is 9.98. The number of hydrogen-bond acceptors (Lipinski definition) is 7. The third-order valence-electron chi connectivity index (χ3n) is 4.01. The minimum absolute atomic E-state index is 0.315. The summed E-state index contributed by atoms with van der Waals surface area (Å²) in [7, 11) is 0. The topological polar surface area (TPSA) is 74.2 Å². The van der Waals surface area contributed by atoms with Gasteiger partial charge >= 0.3 is 5.97 Å². The van der Waals surface area contributed by atoms with Crippen LogP contribution < -0.4 is 0 Å². The summed E-state index contributed by atoms with van der Waals surface area (Å²) in [6.07, 6.45) is -3.26. The summed E-state index contributed by atoms with van der Waals surface area (Å²) >= 11 is 1.47. The highest BCUT2D eigenvalue weighted by Gasteiger charge is 2.51. The van der Waals surface area contributed by atoms with E-state index in [0.717, 1.165) is 11.3 Å². The molecule has 0 aliphatic carbocycles. The van der Waals surface area contributed by atoms with Gasteiger partial charge in [0, 0.05) is 12.5 Å². The maximum atomic E-state index is 11.5. The zero-order valence-corrected chi connectivity index (χ0v) is 14.5. The zero-order chi connectivity index (χ0) is 17.1. The van der Waals surface area contributed by atoms with Gasteiger partial charge in [0.25, 0.3) is 0 Å². The summed E-state index contributed by atoms with van der Waals surface area (Å²) in [4.78, 5) is 11.5. The van der Waals surface area contributed by atoms with Gasteiger partial charge in [-0.25, -0.2) is 0 Å². The van der Waals surface area contributed by atoms with Crippen molar-refractivity contribution in [1.82, 2.24) is 0 Å². The number of rotatable bonds is 4. The second kappa shape index (κ2) is 7.84. The van der Waals surface area contributed by atoms with Crippen molar-refractivity contribution in [3.05, 3.63) is 35.9 Å². The molecule has 0 spiro atoms. The molecule has 0 amide bonds. The van der Waals surface area contributed by atoms with Crippen molar-refractivity contribution in [2.45, 2.75) is 50.0 Å². The molecule has 0 radical (unpaired) electrons. The van der Waals surface area contributed by atoms with Crippen molar-refractivity contribution in [3.8, 4) is 0 Å². The van der Waals surface area contributed by atoms with Gasteiger partial charge in [-0.3, -0.25) is 4.79 Å². The first kappa shape index (κ1) is 17.7. The fourth-order valence-electron chi connectivity index (χ4n) is 2.97. The first-order valence-electron chi connectivity index (χ1n) is 8.04. The molecule has 2 saturated heterocycles. The Morgan fingerprint density at radius 1 is 1.33 bits per heavy atom. The molecule has 2 aliphatic heterocycles. The average molecular weight is 354 g/mol. The van der Waals surface area contributed by atoms with Gasteiger partial charge in [-0.05, 0) is 5.75 Å². The molecular weight excluding hydrogens is 332 g/mol. The lowest BCUT2D eigenvalue weighted by Gasteiger charge is -2.47. The Hall–Kier alpha value is -1.12. The summed E-state index contributed by atoms with van der Waals surface area (Å²) in [5.74, 6) is 0.326. The van der Waals surface area contributed by atoms with Gasteiger partial charge in [0.15, 0.2) is 12.4 Å². The number of fused-ring (bicyclic) bond motifs is 1. The zero-order valence-electron chi connectivity index (χ0n) is 13.7. The highest BCUT2D eigenvalue weighted by atomic mass is 32.2. The fourth-order valence-corrected chi connectivity index (χ4v) is 3.87. The Morgan fingerprint density at radius 3 is 2.75 bits per heavy atom. The molecule has 2 heterocycles. The second-order valence-electron chi connectivity index (χ2n) is 5.74. The number of esters is 1. The van der Waals surface area contributed by atoms with Crippen molar-refractivity contribution in [2.75, 3.05) is 12.4 Å². The van der Waals surface area contributed by atoms with Gasteiger partial charge in [-0.1, -0.05) is 37.3 Å². The lowest BCUT2D eigenvalue weighted by Crippen LogP contribution is -2.62. The van der Waals surface area contributed by atoms with Crippen molar-refractivity contribution in [3.63, 3.8) is 0 Å². The van der Waals surface area contributed by atoms with Crippen LogP contribution in [0.5, 0.6) is 0 Å². The van der Waals surface area contributed by atoms with E-state index in [0.29, 0.717) is 6.61 Å². The van der Waals surface area contributed by atoms with E-state index in [2.05, 4.69) is 0 Å². The molecule has 0 saturated carbocycles. The predicted octanol–water partition coefficient (Wildman–Crippen LogP) is 1.87. The van der Waals surface area contributed by atoms with E-state index in [1.54, 1.807) is 0 Å². The predicted molar refractivity (Wildman–Crippen MR) is 88.4 cm³/mol. The number of ether oxygens (including phenoxy) is 4. The SMILES string of the molecule is CCS[C@@H]1O[C@@H]2CO[C@H](c3ccccc3)O[C@@H]2[C@H](OC(C)=O)[C@H]1O. The fraction of sp³-hybridized carbons (Fsp3) is 0.588. The van der Waals surface area contributed by atoms with Gasteiger partial charge < -0.3 is 24.1 Å². The molecule has 6 atom stereocenters. The maximum absolute atomic E-state index is 11.5. The Kier molecular flexibility index (Phi) is 5.78. The van der Waals surface area contributed by atoms with Crippen molar-refractivity contribution >= 4 is 17.7 Å². The molecule has 1 aromatic rings. The summed E-state index contributed by atoms with van der Waals surface area (Å²) in [5, 5.41) is 10.6. The first-order valence-corrected chi connectivity index (χ1v) is 9.09. The van der Waals surface area contributed by atoms with Crippen LogP contribution in [-0.4, -0.2) is 53.3 Å². The average Bonchev–Trinajstić information content (AvgIpc) is 2.59. The molecule has 0 aromatic heterocycles. The smallest absolute Gasteiger partial charge is 0.303 e. The van der Waals surface area contributed by atoms with Crippen LogP contribution in [0.2, 0.25) is 0 Å². The van der Waals surface area contributed by atoms with Gasteiger partial charge in [0.05, 0.1) is 6.61 Å². The number of aliphatic hydroxyl groups is 1. The Morgan fingerprint density at radius 2 is 2.08 bits per heavy atom. The van der Waals surface area contributed by atoms with Crippen LogP contribution in [0.15, 0.2) is 30.3 Å². The largest absolute Gasteiger partial charge is 0.457 e. The van der Waals surface area contributed by atoms with E-state index in [1.807, 2.05) is 37.3 Å². The van der Waals surface area contributed by atoms with Gasteiger partial charge in [0.2, 0.25) is 0 Å². The van der Waals surface area contributed by atoms with E-state index in [4.69, 9.17) is 18.9 Å². The normalized spacial score (nSPS) is 36.0. The van der Waals surface area contributed by atoms with Crippen LogP contribution in [0.25, 0.3) is 0 Å². The Balaban J connectivity index is 1.79. The van der Waals surface area contributed by atoms with E-state index in [1.165, 1.54) is 18.7 Å². The van der Waals surface area contributed by atoms with Crippen LogP contribution in [-0.2, 0) is 23.7 Å². The highest BCUT2D eigenvalue weighted by molar-refractivity contribution is 7.99. The van der Waals surface area contributed by atoms with Gasteiger partial charge in [-0.2, -0.15) is 0 Å². The number of carbonyl (C=O) groups excluding carboxylic acids is 1. The first-order chi connectivity index (χ1) is 11.6. The Bertz CT molecular complexity index is 553. The molecule has 0 bridgehead atoms. The summed E-state index contributed by atoms with van der Waals surface area (Å²) < 4.78 is 23.0. The van der Waals surface area contributed by atoms with E-state index >= 15 is 0 Å². The van der Waals surface area contributed by atoms with Crippen molar-refractivity contribution in [1.29, 1.82) is 0 Å². The van der Waals surface area contributed by atoms with Crippen LogP contribution in [0.1, 0.15) is 25.7 Å². The number of carbonyl (C=O) groups is 1. The molecule has 0 unspecified atom stereocenters. The minimum Gasteiger partial charge on any atom is -0.457 e. The summed E-state index contributed by atoms with van der Waals surface area (Å²) in [6, 6.07) is 9.52. The Labute approximate surface area is 145 Å². The molecule has 3 rings (SSSR count). The minimum atomic E-state index is -0.949. The number of aliphatic hydroxyl groups excluding tert-OH is 1. The number of hydrogen-bond donors (Lipinski definition) is 1. The number of thioether (sulfide) groups is 1. The third kappa shape index (κ3) is 3.75. The van der Waals surface area contributed by atoms with E-state index < -0.39 is 36.0 Å². The molecule has 132 valence electrons. The van der Waals surface area contributed by atoms with Crippen LogP contribution in [0.4, 0.5) is 0 Å². The molecule has 24 heavy (non-hydrogen) atoms. The molecular formula is C17H22O6S. The molecule has 6 nitrogen and oxygen atoms in total. The lowest BCUT2D eigenvalue weighted by molar-refractivity contribution is -0.319. The van der Waals surface area contributed by atoms with E-state index in [-0.39, 0.29) is 6.10 Å².